The molecule has 1 saturated heterocycles. The van der Waals surface area contributed by atoms with Gasteiger partial charge >= 0.3 is 11.9 Å². The van der Waals surface area contributed by atoms with Gasteiger partial charge in [0.1, 0.15) is 11.9 Å². The number of benzene rings is 2. The van der Waals surface area contributed by atoms with E-state index in [-0.39, 0.29) is 34.1 Å². The number of aryl methyl sites for hydroxylation is 1. The number of nitro groups is 1. The van der Waals surface area contributed by atoms with Gasteiger partial charge in [-0.15, -0.1) is 0 Å². The first kappa shape index (κ1) is 40.6. The molecule has 3 N–H and O–H groups in total. The number of sulfone groups is 1. The van der Waals surface area contributed by atoms with Crippen molar-refractivity contribution in [1.82, 2.24) is 25.5 Å². The standard InChI is InChI=1S/C34H39F5N8O5S2/c1-19-17-27(45-44-19)41-30-29(52-5)31(46-15-12-21(13-16-46)11-14-40-20(2)34(37,38)39)43-32(42-30)53-26-10-9-22(18-24(26)35)54(50,51)33(3,4)23-7-6-8-25(28(23)36)47(48)49/h6-10,17-18,20-21,40H,11-16H2,1-5H3,(H2,41,42,43,44,45). The maximum Gasteiger partial charge on any atom is 0.403 e. The van der Waals surface area contributed by atoms with Crippen LogP contribution in [0.3, 0.4) is 0 Å². The molecule has 1 unspecified atom stereocenters. The molecule has 1 fully saturated rings. The third kappa shape index (κ3) is 8.70. The zero-order chi connectivity index (χ0) is 39.6. The van der Waals surface area contributed by atoms with Gasteiger partial charge in [-0.25, -0.2) is 22.8 Å². The summed E-state index contributed by atoms with van der Waals surface area (Å²) < 4.78 is 101. The fraction of sp³-hybridized carbons (Fsp3) is 0.441. The Hall–Kier alpha value is -4.56. The van der Waals surface area contributed by atoms with Gasteiger partial charge in [0.15, 0.2) is 32.4 Å². The zero-order valence-electron chi connectivity index (χ0n) is 29.9. The molecule has 1 aliphatic rings. The highest BCUT2D eigenvalue weighted by Gasteiger charge is 2.42. The van der Waals surface area contributed by atoms with Gasteiger partial charge in [0, 0.05) is 36.5 Å². The number of hydrogen-bond acceptors (Lipinski definition) is 12. The first-order chi connectivity index (χ1) is 25.3. The van der Waals surface area contributed by atoms with Crippen molar-refractivity contribution < 1.29 is 40.0 Å². The molecule has 292 valence electrons. The number of aromatic amines is 1. The Labute approximate surface area is 312 Å². The van der Waals surface area contributed by atoms with Gasteiger partial charge in [0.25, 0.3) is 0 Å². The molecule has 0 radical (unpaired) electrons. The number of nitro benzene ring substituents is 1. The molecule has 2 aromatic heterocycles. The van der Waals surface area contributed by atoms with E-state index in [2.05, 4.69) is 25.8 Å². The fourth-order valence-corrected chi connectivity index (χ4v) is 8.30. The monoisotopic (exact) mass is 798 g/mol. The molecule has 1 aliphatic heterocycles. The van der Waals surface area contributed by atoms with Crippen LogP contribution in [0.2, 0.25) is 0 Å². The minimum absolute atomic E-state index is 0.0368. The second-order valence-corrected chi connectivity index (χ2v) is 16.8. The number of hydrogen-bond donors (Lipinski definition) is 3. The highest BCUT2D eigenvalue weighted by atomic mass is 32.2. The van der Waals surface area contributed by atoms with E-state index in [1.807, 2.05) is 4.90 Å². The van der Waals surface area contributed by atoms with Crippen LogP contribution in [0.4, 0.5) is 45.1 Å². The summed E-state index contributed by atoms with van der Waals surface area (Å²) in [6, 6.07) is 6.53. The molecule has 2 aromatic carbocycles. The van der Waals surface area contributed by atoms with Crippen LogP contribution in [0.5, 0.6) is 5.75 Å². The van der Waals surface area contributed by atoms with E-state index in [0.29, 0.717) is 44.0 Å². The van der Waals surface area contributed by atoms with E-state index in [9.17, 15) is 31.7 Å². The zero-order valence-corrected chi connectivity index (χ0v) is 31.6. The number of piperidine rings is 1. The van der Waals surface area contributed by atoms with Gasteiger partial charge in [-0.1, -0.05) is 12.1 Å². The first-order valence-corrected chi connectivity index (χ1v) is 19.1. The van der Waals surface area contributed by atoms with Gasteiger partial charge in [-0.2, -0.15) is 22.7 Å². The summed E-state index contributed by atoms with van der Waals surface area (Å²) >= 11 is 0.811. The van der Waals surface area contributed by atoms with Crippen LogP contribution in [-0.4, -0.2) is 72.5 Å². The second kappa shape index (κ2) is 16.0. The number of nitrogens with one attached hydrogen (secondary N) is 3. The van der Waals surface area contributed by atoms with Crippen LogP contribution in [0.25, 0.3) is 0 Å². The van der Waals surface area contributed by atoms with Crippen LogP contribution in [0.1, 0.15) is 51.3 Å². The van der Waals surface area contributed by atoms with Crippen LogP contribution >= 0.6 is 11.8 Å². The summed E-state index contributed by atoms with van der Waals surface area (Å²) in [5, 5.41) is 24.0. The molecule has 0 bridgehead atoms. The number of nitrogens with zero attached hydrogens (tertiary/aromatic N) is 5. The Morgan fingerprint density at radius 1 is 1.13 bits per heavy atom. The Bertz CT molecular complexity index is 2110. The van der Waals surface area contributed by atoms with Crippen molar-refractivity contribution in [2.45, 2.75) is 78.9 Å². The van der Waals surface area contributed by atoms with Crippen LogP contribution in [0.15, 0.2) is 57.4 Å². The number of halogens is 5. The number of aromatic nitrogens is 4. The van der Waals surface area contributed by atoms with Crippen LogP contribution in [-0.2, 0) is 14.6 Å². The predicted octanol–water partition coefficient (Wildman–Crippen LogP) is 7.45. The van der Waals surface area contributed by atoms with Gasteiger partial charge in [0.05, 0.1) is 26.6 Å². The fourth-order valence-electron chi connectivity index (χ4n) is 6.00. The van der Waals surface area contributed by atoms with Gasteiger partial charge in [-0.3, -0.25) is 15.2 Å². The number of rotatable bonds is 14. The average molecular weight is 799 g/mol. The summed E-state index contributed by atoms with van der Waals surface area (Å²) in [4.78, 5) is 21.1. The Morgan fingerprint density at radius 3 is 2.43 bits per heavy atom. The molecule has 0 saturated carbocycles. The van der Waals surface area contributed by atoms with Crippen LogP contribution < -0.4 is 20.3 Å². The molecular formula is C34H39F5N8O5S2. The highest BCUT2D eigenvalue weighted by molar-refractivity contribution is 7.99. The average Bonchev–Trinajstić information content (AvgIpc) is 3.52. The van der Waals surface area contributed by atoms with Crippen molar-refractivity contribution in [3.05, 3.63) is 75.5 Å². The molecule has 0 aliphatic carbocycles. The third-order valence-corrected chi connectivity index (χ3v) is 12.7. The molecule has 13 nitrogen and oxygen atoms in total. The van der Waals surface area contributed by atoms with E-state index >= 15 is 8.78 Å². The molecule has 5 rings (SSSR count). The number of alkyl halides is 3. The van der Waals surface area contributed by atoms with E-state index in [0.717, 1.165) is 48.6 Å². The smallest absolute Gasteiger partial charge is 0.403 e. The molecule has 4 aromatic rings. The van der Waals surface area contributed by atoms with Crippen molar-refractivity contribution in [2.75, 3.05) is 37.0 Å². The number of methoxy groups -OCH3 is 1. The lowest BCUT2D eigenvalue weighted by Crippen LogP contribution is -2.41. The molecule has 0 amide bonds. The normalized spacial score (nSPS) is 15.0. The Kier molecular flexibility index (Phi) is 12.1. The van der Waals surface area contributed by atoms with Crippen molar-refractivity contribution in [3.8, 4) is 5.75 Å². The molecule has 20 heteroatoms. The molecule has 3 heterocycles. The minimum atomic E-state index is -4.50. The van der Waals surface area contributed by atoms with Gasteiger partial charge in [0.2, 0.25) is 11.6 Å². The van der Waals surface area contributed by atoms with Crippen LogP contribution in [0, 0.1) is 34.6 Å². The number of anilines is 3. The minimum Gasteiger partial charge on any atom is -0.490 e. The van der Waals surface area contributed by atoms with Crippen molar-refractivity contribution >= 4 is 44.7 Å². The largest absolute Gasteiger partial charge is 0.490 e. The molecule has 0 spiro atoms. The lowest BCUT2D eigenvalue weighted by Gasteiger charge is -2.34. The summed E-state index contributed by atoms with van der Waals surface area (Å²) in [5.41, 5.74) is -0.575. The van der Waals surface area contributed by atoms with E-state index in [1.54, 1.807) is 13.0 Å². The maximum absolute atomic E-state index is 15.8. The van der Waals surface area contributed by atoms with Gasteiger partial charge < -0.3 is 20.3 Å². The van der Waals surface area contributed by atoms with Crippen molar-refractivity contribution in [3.63, 3.8) is 0 Å². The third-order valence-electron chi connectivity index (χ3n) is 9.30. The lowest BCUT2D eigenvalue weighted by molar-refractivity contribution is -0.387. The maximum atomic E-state index is 15.8. The first-order valence-electron chi connectivity index (χ1n) is 16.8. The topological polar surface area (TPSA) is 168 Å². The Balaban J connectivity index is 1.41. The van der Waals surface area contributed by atoms with Crippen molar-refractivity contribution in [1.29, 1.82) is 0 Å². The SMILES string of the molecule is COc1c(Nc2cc(C)[nH]n2)nc(Sc2ccc(S(=O)(=O)C(C)(C)c3cccc([N+](=O)[O-])c3F)cc2F)nc1N1CCC(CCNC(C)C(F)(F)F)CC1. The second-order valence-electron chi connectivity index (χ2n) is 13.3. The predicted molar refractivity (Wildman–Crippen MR) is 192 cm³/mol. The highest BCUT2D eigenvalue weighted by Crippen LogP contribution is 2.42. The van der Waals surface area contributed by atoms with Crippen molar-refractivity contribution in [2.24, 2.45) is 5.92 Å². The summed E-state index contributed by atoms with van der Waals surface area (Å²) in [6.07, 6.45) is -2.43. The Morgan fingerprint density at radius 2 is 1.83 bits per heavy atom. The van der Waals surface area contributed by atoms with E-state index in [4.69, 9.17) is 9.72 Å². The van der Waals surface area contributed by atoms with E-state index < -0.39 is 59.5 Å². The summed E-state index contributed by atoms with van der Waals surface area (Å²) in [7, 11) is -3.06. The number of H-pyrrole nitrogens is 1. The summed E-state index contributed by atoms with van der Waals surface area (Å²) in [6.45, 7) is 6.47. The number of ether oxygens (including phenoxy) is 1. The quantitative estimate of drug-likeness (QED) is 0.0500. The van der Waals surface area contributed by atoms with Gasteiger partial charge in [-0.05, 0) is 89.4 Å². The summed E-state index contributed by atoms with van der Waals surface area (Å²) in [5.74, 6) is -0.795. The molecular weight excluding hydrogens is 760 g/mol. The molecule has 1 atom stereocenters. The molecule has 54 heavy (non-hydrogen) atoms. The van der Waals surface area contributed by atoms with E-state index in [1.165, 1.54) is 33.1 Å². The lowest BCUT2D eigenvalue weighted by atomic mass is 9.93.